The Hall–Kier alpha value is -3.42. The van der Waals surface area contributed by atoms with Gasteiger partial charge in [-0.05, 0) is 35.9 Å². The van der Waals surface area contributed by atoms with Crippen LogP contribution in [0.25, 0.3) is 0 Å². The molecule has 0 atom stereocenters. The van der Waals surface area contributed by atoms with Crippen molar-refractivity contribution < 1.29 is 14.5 Å². The zero-order chi connectivity index (χ0) is 16.8. The average molecular weight is 314 g/mol. The standard InChI is InChI=1S/C15H14N4O4/c1-23-14-8-11(4-7-13(14)16)15(20)18-17-9-10-2-5-12(6-3-10)19(21)22/h2-9H,16H2,1H3,(H,18,20)/b17-9+. The molecule has 2 rings (SSSR count). The molecule has 0 fully saturated rings. The van der Waals surface area contributed by atoms with E-state index in [4.69, 9.17) is 10.5 Å². The number of nitro groups is 1. The van der Waals surface area contributed by atoms with Crippen LogP contribution in [0.2, 0.25) is 0 Å². The fourth-order valence-corrected chi connectivity index (χ4v) is 1.76. The number of hydrogen-bond acceptors (Lipinski definition) is 6. The van der Waals surface area contributed by atoms with Crippen molar-refractivity contribution in [3.63, 3.8) is 0 Å². The fourth-order valence-electron chi connectivity index (χ4n) is 1.76. The van der Waals surface area contributed by atoms with Crippen LogP contribution in [0.1, 0.15) is 15.9 Å². The van der Waals surface area contributed by atoms with E-state index in [2.05, 4.69) is 10.5 Å². The molecule has 0 aromatic heterocycles. The van der Waals surface area contributed by atoms with Gasteiger partial charge in [0.2, 0.25) is 0 Å². The van der Waals surface area contributed by atoms with E-state index in [1.807, 2.05) is 0 Å². The summed E-state index contributed by atoms with van der Waals surface area (Å²) in [5, 5.41) is 14.3. The maximum absolute atomic E-state index is 11.9. The lowest BCUT2D eigenvalue weighted by atomic mass is 10.2. The Morgan fingerprint density at radius 2 is 2.00 bits per heavy atom. The van der Waals surface area contributed by atoms with E-state index in [0.29, 0.717) is 22.6 Å². The number of hydrazone groups is 1. The van der Waals surface area contributed by atoms with Crippen LogP contribution >= 0.6 is 0 Å². The molecule has 0 aliphatic heterocycles. The number of carbonyl (C=O) groups excluding carboxylic acids is 1. The molecule has 3 N–H and O–H groups in total. The Morgan fingerprint density at radius 1 is 1.30 bits per heavy atom. The number of nitrogens with one attached hydrogen (secondary N) is 1. The monoisotopic (exact) mass is 314 g/mol. The van der Waals surface area contributed by atoms with Crippen molar-refractivity contribution >= 4 is 23.5 Å². The molecule has 0 spiro atoms. The zero-order valence-corrected chi connectivity index (χ0v) is 12.2. The number of anilines is 1. The summed E-state index contributed by atoms with van der Waals surface area (Å²) in [6.07, 6.45) is 1.39. The summed E-state index contributed by atoms with van der Waals surface area (Å²) in [5.74, 6) is -0.0292. The van der Waals surface area contributed by atoms with E-state index in [1.165, 1.54) is 43.7 Å². The van der Waals surface area contributed by atoms with Gasteiger partial charge < -0.3 is 10.5 Å². The van der Waals surface area contributed by atoms with Crippen molar-refractivity contribution in [1.82, 2.24) is 5.43 Å². The first kappa shape index (κ1) is 16.0. The van der Waals surface area contributed by atoms with Crippen LogP contribution in [0.5, 0.6) is 5.75 Å². The maximum atomic E-state index is 11.9. The van der Waals surface area contributed by atoms with Crippen LogP contribution < -0.4 is 15.9 Å². The topological polar surface area (TPSA) is 120 Å². The molecule has 0 unspecified atom stereocenters. The zero-order valence-electron chi connectivity index (χ0n) is 12.2. The first-order valence-corrected chi connectivity index (χ1v) is 6.52. The Kier molecular flexibility index (Phi) is 4.88. The molecule has 2 aromatic carbocycles. The summed E-state index contributed by atoms with van der Waals surface area (Å²) in [4.78, 5) is 22.0. The maximum Gasteiger partial charge on any atom is 0.271 e. The summed E-state index contributed by atoms with van der Waals surface area (Å²) in [5.41, 5.74) is 9.41. The van der Waals surface area contributed by atoms with Crippen molar-refractivity contribution in [3.8, 4) is 5.75 Å². The molecule has 23 heavy (non-hydrogen) atoms. The molecule has 0 aliphatic carbocycles. The van der Waals surface area contributed by atoms with E-state index in [9.17, 15) is 14.9 Å². The van der Waals surface area contributed by atoms with Crippen LogP contribution in [0.3, 0.4) is 0 Å². The molecule has 0 aliphatic rings. The van der Waals surface area contributed by atoms with E-state index >= 15 is 0 Å². The quantitative estimate of drug-likeness (QED) is 0.378. The fraction of sp³-hybridized carbons (Fsp3) is 0.0667. The molecule has 0 saturated carbocycles. The number of ether oxygens (including phenoxy) is 1. The van der Waals surface area contributed by atoms with Gasteiger partial charge >= 0.3 is 0 Å². The van der Waals surface area contributed by atoms with Gasteiger partial charge in [-0.1, -0.05) is 0 Å². The summed E-state index contributed by atoms with van der Waals surface area (Å²) >= 11 is 0. The van der Waals surface area contributed by atoms with Crippen molar-refractivity contribution in [3.05, 3.63) is 63.7 Å². The molecule has 1 amide bonds. The van der Waals surface area contributed by atoms with Gasteiger partial charge in [0.1, 0.15) is 5.75 Å². The number of non-ortho nitro benzene ring substituents is 1. The highest BCUT2D eigenvalue weighted by Crippen LogP contribution is 2.21. The second kappa shape index (κ2) is 7.03. The Labute approximate surface area is 131 Å². The van der Waals surface area contributed by atoms with E-state index in [0.717, 1.165) is 0 Å². The number of nitrogens with two attached hydrogens (primary N) is 1. The molecule has 0 saturated heterocycles. The summed E-state index contributed by atoms with van der Waals surface area (Å²) in [6, 6.07) is 10.4. The lowest BCUT2D eigenvalue weighted by Crippen LogP contribution is -2.17. The Morgan fingerprint density at radius 3 is 2.61 bits per heavy atom. The first-order valence-electron chi connectivity index (χ1n) is 6.52. The highest BCUT2D eigenvalue weighted by molar-refractivity contribution is 5.95. The van der Waals surface area contributed by atoms with Gasteiger partial charge in [-0.25, -0.2) is 5.43 Å². The summed E-state index contributed by atoms with van der Waals surface area (Å²) in [6.45, 7) is 0. The Bertz CT molecular complexity index is 757. The third-order valence-electron chi connectivity index (χ3n) is 2.98. The molecule has 0 bridgehead atoms. The highest BCUT2D eigenvalue weighted by atomic mass is 16.6. The SMILES string of the molecule is COc1cc(C(=O)N/N=C/c2ccc([N+](=O)[O-])cc2)ccc1N. The largest absolute Gasteiger partial charge is 0.495 e. The number of rotatable bonds is 5. The third-order valence-corrected chi connectivity index (χ3v) is 2.98. The lowest BCUT2D eigenvalue weighted by molar-refractivity contribution is -0.384. The number of carbonyl (C=O) groups is 1. The highest BCUT2D eigenvalue weighted by Gasteiger charge is 2.08. The van der Waals surface area contributed by atoms with Gasteiger partial charge in [0.25, 0.3) is 11.6 Å². The minimum atomic E-state index is -0.489. The smallest absolute Gasteiger partial charge is 0.271 e. The normalized spacial score (nSPS) is 10.5. The Balaban J connectivity index is 2.02. The lowest BCUT2D eigenvalue weighted by Gasteiger charge is -2.06. The second-order valence-electron chi connectivity index (χ2n) is 4.50. The van der Waals surface area contributed by atoms with Crippen LogP contribution in [0.4, 0.5) is 11.4 Å². The number of amides is 1. The van der Waals surface area contributed by atoms with Crippen molar-refractivity contribution in [2.45, 2.75) is 0 Å². The van der Waals surface area contributed by atoms with E-state index in [-0.39, 0.29) is 5.69 Å². The van der Waals surface area contributed by atoms with Gasteiger partial charge in [0.15, 0.2) is 0 Å². The van der Waals surface area contributed by atoms with Crippen molar-refractivity contribution in [1.29, 1.82) is 0 Å². The average Bonchev–Trinajstić information content (AvgIpc) is 2.55. The second-order valence-corrected chi connectivity index (χ2v) is 4.50. The number of methoxy groups -OCH3 is 1. The van der Waals surface area contributed by atoms with E-state index < -0.39 is 10.8 Å². The van der Waals surface area contributed by atoms with Gasteiger partial charge in [-0.3, -0.25) is 14.9 Å². The number of nitrogens with zero attached hydrogens (tertiary/aromatic N) is 2. The molecule has 8 heteroatoms. The van der Waals surface area contributed by atoms with Crippen molar-refractivity contribution in [2.75, 3.05) is 12.8 Å². The van der Waals surface area contributed by atoms with Gasteiger partial charge in [0, 0.05) is 17.7 Å². The molecule has 2 aromatic rings. The number of hydrogen-bond donors (Lipinski definition) is 2. The van der Waals surface area contributed by atoms with Gasteiger partial charge in [-0.2, -0.15) is 5.10 Å². The van der Waals surface area contributed by atoms with Gasteiger partial charge in [0.05, 0.1) is 23.9 Å². The molecule has 8 nitrogen and oxygen atoms in total. The molecular weight excluding hydrogens is 300 g/mol. The minimum Gasteiger partial charge on any atom is -0.495 e. The molecule has 0 radical (unpaired) electrons. The molecule has 0 heterocycles. The summed E-state index contributed by atoms with van der Waals surface area (Å²) in [7, 11) is 1.46. The predicted molar refractivity (Wildman–Crippen MR) is 85.6 cm³/mol. The third kappa shape index (κ3) is 4.03. The number of nitrogen functional groups attached to an aromatic ring is 1. The van der Waals surface area contributed by atoms with Crippen molar-refractivity contribution in [2.24, 2.45) is 5.10 Å². The van der Waals surface area contributed by atoms with Crippen LogP contribution in [-0.2, 0) is 0 Å². The molecular formula is C15H14N4O4. The van der Waals surface area contributed by atoms with E-state index in [1.54, 1.807) is 12.1 Å². The van der Waals surface area contributed by atoms with Gasteiger partial charge in [-0.15, -0.1) is 0 Å². The predicted octanol–water partition coefficient (Wildman–Crippen LogP) is 1.95. The minimum absolute atomic E-state index is 0.0137. The van der Waals surface area contributed by atoms with Crippen LogP contribution in [0, 0.1) is 10.1 Å². The van der Waals surface area contributed by atoms with Crippen LogP contribution in [0.15, 0.2) is 47.6 Å². The summed E-state index contributed by atoms with van der Waals surface area (Å²) < 4.78 is 5.04. The first-order chi connectivity index (χ1) is 11.0. The molecule has 118 valence electrons. The van der Waals surface area contributed by atoms with Crippen LogP contribution in [-0.4, -0.2) is 24.2 Å². The number of benzene rings is 2. The number of nitro benzene ring substituents is 1.